The summed E-state index contributed by atoms with van der Waals surface area (Å²) in [6.07, 6.45) is 2.52. The summed E-state index contributed by atoms with van der Waals surface area (Å²) in [6, 6.07) is 0.886. The van der Waals surface area contributed by atoms with Crippen molar-refractivity contribution in [3.8, 4) is 11.5 Å². The van der Waals surface area contributed by atoms with Gasteiger partial charge in [-0.05, 0) is 51.5 Å². The zero-order valence-electron chi connectivity index (χ0n) is 18.6. The first-order valence-electron chi connectivity index (χ1n) is 11.2. The number of benzene rings is 1. The lowest BCUT2D eigenvalue weighted by atomic mass is 9.91. The Morgan fingerprint density at radius 2 is 1.97 bits per heavy atom. The van der Waals surface area contributed by atoms with Crippen molar-refractivity contribution in [2.75, 3.05) is 18.1 Å². The van der Waals surface area contributed by atoms with Gasteiger partial charge in [0.25, 0.3) is 5.91 Å². The van der Waals surface area contributed by atoms with Crippen LogP contribution in [0.4, 0.5) is 0 Å². The molecule has 1 saturated heterocycles. The third-order valence-corrected chi connectivity index (χ3v) is 8.38. The summed E-state index contributed by atoms with van der Waals surface area (Å²) < 4.78 is 41.2. The van der Waals surface area contributed by atoms with E-state index >= 15 is 0 Å². The lowest BCUT2D eigenvalue weighted by molar-refractivity contribution is -0.124. The van der Waals surface area contributed by atoms with Crippen LogP contribution in [0.25, 0.3) is 11.0 Å². The van der Waals surface area contributed by atoms with Gasteiger partial charge in [-0.3, -0.25) is 4.79 Å². The van der Waals surface area contributed by atoms with Crippen LogP contribution in [0.1, 0.15) is 43.4 Å². The SMILES string of the molecule is CC1(C)CCc2c(cc(OCC(=O)N[C@H]3CS(=O)(=O)C[C@@H]3O)c3c4c(c(=O)oc23)CCC4)O1. The Hall–Kier alpha value is -2.59. The number of aliphatic hydroxyl groups is 1. The van der Waals surface area contributed by atoms with E-state index in [-0.39, 0.29) is 23.7 Å². The second kappa shape index (κ2) is 7.73. The van der Waals surface area contributed by atoms with E-state index in [1.165, 1.54) is 0 Å². The fourth-order valence-electron chi connectivity index (χ4n) is 5.03. The van der Waals surface area contributed by atoms with Gasteiger partial charge in [0.15, 0.2) is 16.4 Å². The molecule has 0 unspecified atom stereocenters. The number of carbonyl (C=O) groups is 1. The molecule has 1 amide bonds. The summed E-state index contributed by atoms with van der Waals surface area (Å²) in [5.74, 6) is -0.265. The Morgan fingerprint density at radius 1 is 1.21 bits per heavy atom. The topological polar surface area (TPSA) is 132 Å². The predicted octanol–water partition coefficient (Wildman–Crippen LogP) is 1.04. The summed E-state index contributed by atoms with van der Waals surface area (Å²) in [5, 5.41) is 13.2. The summed E-state index contributed by atoms with van der Waals surface area (Å²) in [6.45, 7) is 3.58. The minimum Gasteiger partial charge on any atom is -0.487 e. The number of nitrogens with one attached hydrogen (secondary N) is 1. The molecule has 2 atom stereocenters. The van der Waals surface area contributed by atoms with Gasteiger partial charge < -0.3 is 24.3 Å². The molecule has 5 rings (SSSR count). The van der Waals surface area contributed by atoms with Crippen LogP contribution in [0.3, 0.4) is 0 Å². The Labute approximate surface area is 191 Å². The molecule has 10 heteroatoms. The van der Waals surface area contributed by atoms with Gasteiger partial charge in [-0.2, -0.15) is 0 Å². The van der Waals surface area contributed by atoms with Crippen molar-refractivity contribution in [1.29, 1.82) is 0 Å². The second-order valence-corrected chi connectivity index (χ2v) is 11.9. The highest BCUT2D eigenvalue weighted by Gasteiger charge is 2.37. The van der Waals surface area contributed by atoms with Crippen molar-refractivity contribution in [3.63, 3.8) is 0 Å². The molecule has 0 radical (unpaired) electrons. The van der Waals surface area contributed by atoms with Gasteiger partial charge in [-0.25, -0.2) is 13.2 Å². The molecule has 0 bridgehead atoms. The van der Waals surface area contributed by atoms with Crippen LogP contribution in [0.15, 0.2) is 15.3 Å². The second-order valence-electron chi connectivity index (χ2n) is 9.72. The third kappa shape index (κ3) is 4.10. The van der Waals surface area contributed by atoms with Crippen molar-refractivity contribution in [2.24, 2.45) is 0 Å². The Balaban J connectivity index is 1.48. The first kappa shape index (κ1) is 22.2. The molecule has 33 heavy (non-hydrogen) atoms. The molecule has 178 valence electrons. The highest BCUT2D eigenvalue weighted by Crippen LogP contribution is 2.44. The lowest BCUT2D eigenvalue weighted by Gasteiger charge is -2.33. The lowest BCUT2D eigenvalue weighted by Crippen LogP contribution is -2.44. The number of sulfone groups is 1. The summed E-state index contributed by atoms with van der Waals surface area (Å²) in [7, 11) is -3.38. The first-order chi connectivity index (χ1) is 15.5. The molecule has 9 nitrogen and oxygen atoms in total. The molecule has 1 aliphatic carbocycles. The Kier molecular flexibility index (Phi) is 5.20. The van der Waals surface area contributed by atoms with E-state index in [0.717, 1.165) is 30.4 Å². The molecule has 2 N–H and O–H groups in total. The van der Waals surface area contributed by atoms with Crippen LogP contribution < -0.4 is 20.4 Å². The summed E-state index contributed by atoms with van der Waals surface area (Å²) >= 11 is 0. The number of ether oxygens (including phenoxy) is 2. The van der Waals surface area contributed by atoms with Gasteiger partial charge in [0.1, 0.15) is 22.7 Å². The Bertz CT molecular complexity index is 1310. The Morgan fingerprint density at radius 3 is 2.70 bits per heavy atom. The fourth-order valence-corrected chi connectivity index (χ4v) is 6.77. The van der Waals surface area contributed by atoms with Gasteiger partial charge in [-0.15, -0.1) is 0 Å². The van der Waals surface area contributed by atoms with Gasteiger partial charge in [0.2, 0.25) is 0 Å². The van der Waals surface area contributed by atoms with Crippen LogP contribution in [0.2, 0.25) is 0 Å². The molecule has 3 aliphatic rings. The fraction of sp³-hybridized carbons (Fsp3) is 0.565. The van der Waals surface area contributed by atoms with Crippen molar-refractivity contribution in [3.05, 3.63) is 33.2 Å². The van der Waals surface area contributed by atoms with Crippen molar-refractivity contribution < 1.29 is 32.2 Å². The number of hydrogen-bond acceptors (Lipinski definition) is 8. The molecular formula is C23H27NO8S. The molecule has 1 aromatic heterocycles. The summed E-state index contributed by atoms with van der Waals surface area (Å²) in [4.78, 5) is 25.1. The van der Waals surface area contributed by atoms with Gasteiger partial charge in [-0.1, -0.05) is 0 Å². The third-order valence-electron chi connectivity index (χ3n) is 6.66. The smallest absolute Gasteiger partial charge is 0.339 e. The number of carbonyl (C=O) groups excluding carboxylic acids is 1. The molecule has 2 aliphatic heterocycles. The molecule has 0 spiro atoms. The maximum atomic E-state index is 12.6. The van der Waals surface area contributed by atoms with E-state index in [4.69, 9.17) is 13.9 Å². The van der Waals surface area contributed by atoms with E-state index in [1.807, 2.05) is 13.8 Å². The van der Waals surface area contributed by atoms with Crippen molar-refractivity contribution in [1.82, 2.24) is 5.32 Å². The minimum absolute atomic E-state index is 0.302. The maximum absolute atomic E-state index is 12.6. The minimum atomic E-state index is -3.38. The van der Waals surface area contributed by atoms with E-state index in [0.29, 0.717) is 40.9 Å². The zero-order valence-corrected chi connectivity index (χ0v) is 19.4. The van der Waals surface area contributed by atoms with E-state index in [9.17, 15) is 23.1 Å². The van der Waals surface area contributed by atoms with Crippen LogP contribution >= 0.6 is 0 Å². The monoisotopic (exact) mass is 477 g/mol. The normalized spacial score (nSPS) is 24.7. The number of rotatable bonds is 4. The average molecular weight is 478 g/mol. The highest BCUT2D eigenvalue weighted by atomic mass is 32.2. The molecular weight excluding hydrogens is 450 g/mol. The number of amides is 1. The number of aliphatic hydroxyl groups excluding tert-OH is 1. The number of hydrogen-bond donors (Lipinski definition) is 2. The molecule has 1 aromatic carbocycles. The van der Waals surface area contributed by atoms with Crippen LogP contribution in [-0.4, -0.2) is 55.3 Å². The predicted molar refractivity (Wildman–Crippen MR) is 120 cm³/mol. The highest BCUT2D eigenvalue weighted by molar-refractivity contribution is 7.91. The maximum Gasteiger partial charge on any atom is 0.339 e. The number of aryl methyl sites for hydroxylation is 2. The van der Waals surface area contributed by atoms with Crippen LogP contribution in [0, 0.1) is 0 Å². The molecule has 1 fully saturated rings. The van der Waals surface area contributed by atoms with E-state index in [2.05, 4.69) is 5.32 Å². The quantitative estimate of drug-likeness (QED) is 0.625. The zero-order chi connectivity index (χ0) is 23.5. The van der Waals surface area contributed by atoms with Crippen LogP contribution in [0.5, 0.6) is 11.5 Å². The average Bonchev–Trinajstić information content (AvgIpc) is 3.29. The standard InChI is InChI=1S/C23H27NO8S/c1-23(2)7-6-14-17(32-23)8-18(20-12-4-3-5-13(12)22(27)31-21(14)20)30-9-19(26)24-15-10-33(28,29)11-16(15)25/h8,15-16,25H,3-7,9-11H2,1-2H3,(H,24,26)/t15-,16-/m0/s1. The molecule has 2 aromatic rings. The number of fused-ring (bicyclic) bond motifs is 5. The largest absolute Gasteiger partial charge is 0.487 e. The van der Waals surface area contributed by atoms with Gasteiger partial charge >= 0.3 is 5.63 Å². The molecule has 0 saturated carbocycles. The van der Waals surface area contributed by atoms with Crippen molar-refractivity contribution >= 4 is 26.7 Å². The molecule has 3 heterocycles. The first-order valence-corrected chi connectivity index (χ1v) is 13.0. The van der Waals surface area contributed by atoms with Gasteiger partial charge in [0.05, 0.1) is 29.0 Å². The van der Waals surface area contributed by atoms with E-state index in [1.54, 1.807) is 6.07 Å². The van der Waals surface area contributed by atoms with Gasteiger partial charge in [0, 0.05) is 17.2 Å². The summed E-state index contributed by atoms with van der Waals surface area (Å²) in [5.41, 5.74) is 2.08. The van der Waals surface area contributed by atoms with E-state index < -0.39 is 33.5 Å². The van der Waals surface area contributed by atoms with Crippen LogP contribution in [-0.2, 0) is 33.9 Å². The van der Waals surface area contributed by atoms with Crippen molar-refractivity contribution in [2.45, 2.75) is 63.7 Å².